The van der Waals surface area contributed by atoms with E-state index in [1.54, 1.807) is 0 Å². The first-order valence-electron chi connectivity index (χ1n) is 7.08. The van der Waals surface area contributed by atoms with E-state index in [4.69, 9.17) is 0 Å². The van der Waals surface area contributed by atoms with E-state index in [-0.39, 0.29) is 5.91 Å². The third-order valence-corrected chi connectivity index (χ3v) is 3.73. The summed E-state index contributed by atoms with van der Waals surface area (Å²) in [5.74, 6) is 1.75. The summed E-state index contributed by atoms with van der Waals surface area (Å²) in [6, 6.07) is 3.70. The second-order valence-corrected chi connectivity index (χ2v) is 5.58. The first-order chi connectivity index (χ1) is 9.10. The molecule has 2 N–H and O–H groups in total. The summed E-state index contributed by atoms with van der Waals surface area (Å²) in [5.41, 5.74) is 1.64. The maximum absolute atomic E-state index is 12.2. The third kappa shape index (κ3) is 3.46. The van der Waals surface area contributed by atoms with Crippen LogP contribution in [0, 0.1) is 5.92 Å². The van der Waals surface area contributed by atoms with Crippen LogP contribution in [-0.2, 0) is 0 Å². The number of hydrogen-bond acceptors (Lipinski definition) is 3. The zero-order chi connectivity index (χ0) is 13.8. The Labute approximate surface area is 115 Å². The van der Waals surface area contributed by atoms with Gasteiger partial charge in [-0.15, -0.1) is 0 Å². The number of rotatable bonds is 5. The molecule has 1 heterocycles. The van der Waals surface area contributed by atoms with Crippen molar-refractivity contribution in [2.45, 2.75) is 39.0 Å². The summed E-state index contributed by atoms with van der Waals surface area (Å²) in [7, 11) is 1.82. The first kappa shape index (κ1) is 13.8. The Bertz CT molecular complexity index is 453. The number of hydrogen-bond donors (Lipinski definition) is 2. The molecular formula is C15H23N3O. The summed E-state index contributed by atoms with van der Waals surface area (Å²) < 4.78 is 0. The number of pyridine rings is 1. The second-order valence-electron chi connectivity index (χ2n) is 5.58. The summed E-state index contributed by atoms with van der Waals surface area (Å²) in [6.07, 6.45) is 3.79. The Hall–Kier alpha value is -1.58. The van der Waals surface area contributed by atoms with E-state index < -0.39 is 0 Å². The van der Waals surface area contributed by atoms with Crippen LogP contribution in [0.1, 0.15) is 55.1 Å². The van der Waals surface area contributed by atoms with E-state index in [2.05, 4.69) is 29.5 Å². The molecular weight excluding hydrogens is 238 g/mol. The highest BCUT2D eigenvalue weighted by atomic mass is 16.1. The van der Waals surface area contributed by atoms with Gasteiger partial charge in [0.1, 0.15) is 5.82 Å². The molecule has 0 radical (unpaired) electrons. The Balaban J connectivity index is 2.08. The topological polar surface area (TPSA) is 54.0 Å². The molecule has 1 aliphatic rings. The quantitative estimate of drug-likeness (QED) is 0.857. The number of nitrogens with one attached hydrogen (secondary N) is 2. The Morgan fingerprint density at radius 3 is 2.68 bits per heavy atom. The lowest BCUT2D eigenvalue weighted by atomic mass is 9.85. The standard InChI is InChI=1S/C15H23N3O/c1-10(2)13-7-12(8-14(16-3)18-13)15(19)17-9-11-5-4-6-11/h7-8,10-11H,4-6,9H2,1-3H3,(H,16,18)(H,17,19). The van der Waals surface area contributed by atoms with Crippen molar-refractivity contribution in [2.24, 2.45) is 5.92 Å². The molecule has 0 unspecified atom stereocenters. The summed E-state index contributed by atoms with van der Waals surface area (Å²) in [6.45, 7) is 4.96. The van der Waals surface area contributed by atoms with Crippen molar-refractivity contribution in [3.63, 3.8) is 0 Å². The summed E-state index contributed by atoms with van der Waals surface area (Å²) in [5, 5.41) is 6.04. The molecule has 1 aromatic rings. The van der Waals surface area contributed by atoms with Gasteiger partial charge in [0.05, 0.1) is 0 Å². The van der Waals surface area contributed by atoms with E-state index >= 15 is 0 Å². The van der Waals surface area contributed by atoms with Crippen molar-refractivity contribution < 1.29 is 4.79 Å². The Morgan fingerprint density at radius 1 is 1.42 bits per heavy atom. The lowest BCUT2D eigenvalue weighted by Gasteiger charge is -2.25. The number of amides is 1. The van der Waals surface area contributed by atoms with Gasteiger partial charge >= 0.3 is 0 Å². The summed E-state index contributed by atoms with van der Waals surface area (Å²) in [4.78, 5) is 16.6. The van der Waals surface area contributed by atoms with Gasteiger partial charge < -0.3 is 10.6 Å². The molecule has 4 heteroatoms. The van der Waals surface area contributed by atoms with Crippen molar-refractivity contribution in [3.05, 3.63) is 23.4 Å². The van der Waals surface area contributed by atoms with Crippen LogP contribution in [0.15, 0.2) is 12.1 Å². The van der Waals surface area contributed by atoms with Crippen molar-refractivity contribution >= 4 is 11.7 Å². The molecule has 0 spiro atoms. The number of anilines is 1. The largest absolute Gasteiger partial charge is 0.373 e. The fourth-order valence-corrected chi connectivity index (χ4v) is 2.14. The van der Waals surface area contributed by atoms with Crippen molar-refractivity contribution in [3.8, 4) is 0 Å². The van der Waals surface area contributed by atoms with Crippen LogP contribution in [0.3, 0.4) is 0 Å². The molecule has 0 bridgehead atoms. The Morgan fingerprint density at radius 2 is 2.16 bits per heavy atom. The van der Waals surface area contributed by atoms with Gasteiger partial charge in [-0.1, -0.05) is 20.3 Å². The van der Waals surface area contributed by atoms with Gasteiger partial charge in [-0.2, -0.15) is 0 Å². The van der Waals surface area contributed by atoms with E-state index in [9.17, 15) is 4.79 Å². The first-order valence-corrected chi connectivity index (χ1v) is 7.08. The van der Waals surface area contributed by atoms with Crippen LogP contribution in [0.4, 0.5) is 5.82 Å². The van der Waals surface area contributed by atoms with Crippen LogP contribution in [-0.4, -0.2) is 24.5 Å². The molecule has 1 fully saturated rings. The molecule has 1 aromatic heterocycles. The number of nitrogens with zero attached hydrogens (tertiary/aromatic N) is 1. The molecule has 2 rings (SSSR count). The minimum atomic E-state index is 0.00713. The smallest absolute Gasteiger partial charge is 0.251 e. The third-order valence-electron chi connectivity index (χ3n) is 3.73. The van der Waals surface area contributed by atoms with Gasteiger partial charge in [-0.25, -0.2) is 4.98 Å². The molecule has 0 saturated heterocycles. The van der Waals surface area contributed by atoms with Gasteiger partial charge in [-0.05, 0) is 36.8 Å². The van der Waals surface area contributed by atoms with Gasteiger partial charge in [0, 0.05) is 24.8 Å². The van der Waals surface area contributed by atoms with E-state index in [0.29, 0.717) is 17.4 Å². The van der Waals surface area contributed by atoms with Crippen LogP contribution in [0.2, 0.25) is 0 Å². The average Bonchev–Trinajstić information content (AvgIpc) is 2.36. The molecule has 1 aliphatic carbocycles. The van der Waals surface area contributed by atoms with Crippen molar-refractivity contribution in [2.75, 3.05) is 18.9 Å². The normalized spacial score (nSPS) is 15.2. The van der Waals surface area contributed by atoms with Crippen LogP contribution in [0.25, 0.3) is 0 Å². The molecule has 0 atom stereocenters. The monoisotopic (exact) mass is 261 g/mol. The van der Waals surface area contributed by atoms with E-state index in [0.717, 1.165) is 18.1 Å². The molecule has 0 aliphatic heterocycles. The van der Waals surface area contributed by atoms with Crippen molar-refractivity contribution in [1.29, 1.82) is 0 Å². The number of carbonyl (C=O) groups is 1. The maximum Gasteiger partial charge on any atom is 0.251 e. The fraction of sp³-hybridized carbons (Fsp3) is 0.600. The summed E-state index contributed by atoms with van der Waals surface area (Å²) >= 11 is 0. The molecule has 0 aromatic carbocycles. The molecule has 4 nitrogen and oxygen atoms in total. The maximum atomic E-state index is 12.2. The molecule has 104 valence electrons. The molecule has 1 saturated carbocycles. The van der Waals surface area contributed by atoms with Gasteiger partial charge in [0.25, 0.3) is 5.91 Å². The highest BCUT2D eigenvalue weighted by Crippen LogP contribution is 2.25. The van der Waals surface area contributed by atoms with E-state index in [1.807, 2.05) is 19.2 Å². The highest BCUT2D eigenvalue weighted by molar-refractivity contribution is 5.95. The average molecular weight is 261 g/mol. The van der Waals surface area contributed by atoms with Gasteiger partial charge in [-0.3, -0.25) is 4.79 Å². The zero-order valence-electron chi connectivity index (χ0n) is 12.0. The Kier molecular flexibility index (Phi) is 4.40. The van der Waals surface area contributed by atoms with Gasteiger partial charge in [0.2, 0.25) is 0 Å². The van der Waals surface area contributed by atoms with E-state index in [1.165, 1.54) is 19.3 Å². The van der Waals surface area contributed by atoms with Crippen LogP contribution >= 0.6 is 0 Å². The zero-order valence-corrected chi connectivity index (χ0v) is 12.0. The SMILES string of the molecule is CNc1cc(C(=O)NCC2CCC2)cc(C(C)C)n1. The molecule has 19 heavy (non-hydrogen) atoms. The number of carbonyl (C=O) groups excluding carboxylic acids is 1. The minimum Gasteiger partial charge on any atom is -0.373 e. The highest BCUT2D eigenvalue weighted by Gasteiger charge is 2.19. The number of aromatic nitrogens is 1. The van der Waals surface area contributed by atoms with Crippen LogP contribution < -0.4 is 10.6 Å². The minimum absolute atomic E-state index is 0.00713. The predicted molar refractivity (Wildman–Crippen MR) is 77.5 cm³/mol. The predicted octanol–water partition coefficient (Wildman–Crippen LogP) is 2.78. The fourth-order valence-electron chi connectivity index (χ4n) is 2.14. The van der Waals surface area contributed by atoms with Crippen LogP contribution in [0.5, 0.6) is 0 Å². The lowest BCUT2D eigenvalue weighted by molar-refractivity contribution is 0.0939. The van der Waals surface area contributed by atoms with Crippen molar-refractivity contribution in [1.82, 2.24) is 10.3 Å². The second kappa shape index (κ2) is 6.04. The lowest BCUT2D eigenvalue weighted by Crippen LogP contribution is -2.32. The van der Waals surface area contributed by atoms with Gasteiger partial charge in [0.15, 0.2) is 0 Å². The molecule has 1 amide bonds.